The van der Waals surface area contributed by atoms with Crippen molar-refractivity contribution in [3.63, 3.8) is 0 Å². The minimum Gasteiger partial charge on any atom is -0.493 e. The summed E-state index contributed by atoms with van der Waals surface area (Å²) in [6, 6.07) is 21.0. The lowest BCUT2D eigenvalue weighted by Crippen LogP contribution is -2.24. The van der Waals surface area contributed by atoms with Crippen molar-refractivity contribution < 1.29 is 23.8 Å². The molecule has 0 spiro atoms. The van der Waals surface area contributed by atoms with Crippen molar-refractivity contribution >= 4 is 18.1 Å². The zero-order chi connectivity index (χ0) is 22.1. The zero-order valence-corrected chi connectivity index (χ0v) is 17.2. The van der Waals surface area contributed by atoms with Gasteiger partial charge < -0.3 is 14.2 Å². The fourth-order valence-corrected chi connectivity index (χ4v) is 2.57. The van der Waals surface area contributed by atoms with Crippen molar-refractivity contribution in [1.82, 2.24) is 5.43 Å². The molecule has 1 amide bonds. The summed E-state index contributed by atoms with van der Waals surface area (Å²) in [5, 5.41) is 3.91. The van der Waals surface area contributed by atoms with E-state index in [1.807, 2.05) is 37.3 Å². The average molecular weight is 418 g/mol. The zero-order valence-electron chi connectivity index (χ0n) is 17.2. The number of aryl methyl sites for hydroxylation is 1. The van der Waals surface area contributed by atoms with Gasteiger partial charge in [0.1, 0.15) is 5.75 Å². The van der Waals surface area contributed by atoms with Gasteiger partial charge in [-0.3, -0.25) is 4.79 Å². The van der Waals surface area contributed by atoms with E-state index >= 15 is 0 Å². The van der Waals surface area contributed by atoms with Gasteiger partial charge in [0.2, 0.25) is 0 Å². The van der Waals surface area contributed by atoms with Gasteiger partial charge in [-0.25, -0.2) is 10.2 Å². The van der Waals surface area contributed by atoms with Crippen molar-refractivity contribution in [2.75, 3.05) is 13.7 Å². The molecule has 0 aliphatic rings. The molecule has 0 saturated heterocycles. The van der Waals surface area contributed by atoms with Crippen molar-refractivity contribution in [1.29, 1.82) is 0 Å². The third-order valence-electron chi connectivity index (χ3n) is 4.19. The van der Waals surface area contributed by atoms with Crippen LogP contribution < -0.4 is 19.6 Å². The minimum absolute atomic E-state index is 0.154. The van der Waals surface area contributed by atoms with Crippen LogP contribution in [-0.4, -0.2) is 31.8 Å². The number of hydrogen-bond acceptors (Lipinski definition) is 6. The molecule has 0 aromatic heterocycles. The number of hydrogen-bond donors (Lipinski definition) is 1. The topological polar surface area (TPSA) is 86.2 Å². The number of benzene rings is 3. The smallest absolute Gasteiger partial charge is 0.343 e. The summed E-state index contributed by atoms with van der Waals surface area (Å²) in [6.07, 6.45) is 1.45. The second kappa shape index (κ2) is 10.6. The standard InChI is InChI=1S/C24H22N2O5/c1-17-8-11-19(12-9-17)24(28)31-21-13-10-18(14-22(21)29-2)15-25-26-23(27)16-30-20-6-4-3-5-7-20/h3-15H,16H2,1-2H3,(H,26,27). The van der Waals surface area contributed by atoms with E-state index in [9.17, 15) is 9.59 Å². The van der Waals surface area contributed by atoms with E-state index in [0.29, 0.717) is 22.6 Å². The average Bonchev–Trinajstić information content (AvgIpc) is 2.79. The highest BCUT2D eigenvalue weighted by molar-refractivity contribution is 5.91. The van der Waals surface area contributed by atoms with Crippen LogP contribution in [0.5, 0.6) is 17.2 Å². The molecule has 3 aromatic carbocycles. The first-order chi connectivity index (χ1) is 15.0. The Hall–Kier alpha value is -4.13. The van der Waals surface area contributed by atoms with Gasteiger partial charge in [0, 0.05) is 0 Å². The van der Waals surface area contributed by atoms with E-state index in [4.69, 9.17) is 14.2 Å². The number of nitrogens with one attached hydrogen (secondary N) is 1. The molecule has 3 rings (SSSR count). The molecular formula is C24H22N2O5. The Kier molecular flexibility index (Phi) is 7.37. The van der Waals surface area contributed by atoms with Crippen molar-refractivity contribution in [2.45, 2.75) is 6.92 Å². The lowest BCUT2D eigenvalue weighted by Gasteiger charge is -2.10. The lowest BCUT2D eigenvalue weighted by molar-refractivity contribution is -0.123. The molecule has 7 heteroatoms. The molecule has 3 aromatic rings. The Morgan fingerprint density at radius 3 is 2.42 bits per heavy atom. The fraction of sp³-hybridized carbons (Fsp3) is 0.125. The van der Waals surface area contributed by atoms with Gasteiger partial charge in [0.25, 0.3) is 5.91 Å². The molecule has 0 atom stereocenters. The van der Waals surface area contributed by atoms with Crippen LogP contribution in [0, 0.1) is 6.92 Å². The third kappa shape index (κ3) is 6.43. The first kappa shape index (κ1) is 21.6. The molecule has 0 unspecified atom stereocenters. The van der Waals surface area contributed by atoms with E-state index in [1.165, 1.54) is 13.3 Å². The van der Waals surface area contributed by atoms with Crippen LogP contribution in [0.25, 0.3) is 0 Å². The molecule has 7 nitrogen and oxygen atoms in total. The maximum atomic E-state index is 12.3. The second-order valence-corrected chi connectivity index (χ2v) is 6.56. The number of rotatable bonds is 8. The number of esters is 1. The molecule has 158 valence electrons. The van der Waals surface area contributed by atoms with Gasteiger partial charge >= 0.3 is 5.97 Å². The summed E-state index contributed by atoms with van der Waals surface area (Å²) in [5.74, 6) is 0.372. The largest absolute Gasteiger partial charge is 0.493 e. The first-order valence-electron chi connectivity index (χ1n) is 9.52. The van der Waals surface area contributed by atoms with E-state index in [0.717, 1.165) is 5.56 Å². The minimum atomic E-state index is -0.481. The number of hydrazone groups is 1. The third-order valence-corrected chi connectivity index (χ3v) is 4.19. The van der Waals surface area contributed by atoms with Gasteiger partial charge in [0.15, 0.2) is 18.1 Å². The summed E-state index contributed by atoms with van der Waals surface area (Å²) < 4.78 is 16.1. The summed E-state index contributed by atoms with van der Waals surface area (Å²) >= 11 is 0. The van der Waals surface area contributed by atoms with E-state index in [-0.39, 0.29) is 12.4 Å². The van der Waals surface area contributed by atoms with Gasteiger partial charge in [-0.1, -0.05) is 35.9 Å². The number of carbonyl (C=O) groups excluding carboxylic acids is 2. The van der Waals surface area contributed by atoms with Crippen molar-refractivity contribution in [3.05, 3.63) is 89.5 Å². The van der Waals surface area contributed by atoms with Crippen LogP contribution >= 0.6 is 0 Å². The predicted molar refractivity (Wildman–Crippen MR) is 117 cm³/mol. The Balaban J connectivity index is 1.56. The van der Waals surface area contributed by atoms with Crippen molar-refractivity contribution in [2.24, 2.45) is 5.10 Å². The summed E-state index contributed by atoms with van der Waals surface area (Å²) in [6.45, 7) is 1.79. The monoisotopic (exact) mass is 418 g/mol. The number of carbonyl (C=O) groups is 2. The van der Waals surface area contributed by atoms with Crippen LogP contribution in [0.15, 0.2) is 77.9 Å². The summed E-state index contributed by atoms with van der Waals surface area (Å²) in [7, 11) is 1.47. The molecule has 31 heavy (non-hydrogen) atoms. The van der Waals surface area contributed by atoms with E-state index in [1.54, 1.807) is 42.5 Å². The highest BCUT2D eigenvalue weighted by atomic mass is 16.6. The number of nitrogens with zero attached hydrogens (tertiary/aromatic N) is 1. The van der Waals surface area contributed by atoms with Crippen molar-refractivity contribution in [3.8, 4) is 17.2 Å². The summed E-state index contributed by atoms with van der Waals surface area (Å²) in [4.78, 5) is 24.2. The quantitative estimate of drug-likeness (QED) is 0.261. The lowest BCUT2D eigenvalue weighted by atomic mass is 10.1. The van der Waals surface area contributed by atoms with Crippen LogP contribution in [0.1, 0.15) is 21.5 Å². The SMILES string of the molecule is COc1cc(C=NNC(=O)COc2ccccc2)ccc1OC(=O)c1ccc(C)cc1. The molecule has 0 aliphatic heterocycles. The van der Waals surface area contributed by atoms with Gasteiger partial charge in [-0.2, -0.15) is 5.10 Å². The molecule has 1 N–H and O–H groups in total. The maximum Gasteiger partial charge on any atom is 0.343 e. The molecule has 0 heterocycles. The number of amides is 1. The molecule has 0 fully saturated rings. The molecule has 0 bridgehead atoms. The number of para-hydroxylation sites is 1. The highest BCUT2D eigenvalue weighted by Gasteiger charge is 2.12. The normalized spacial score (nSPS) is 10.5. The first-order valence-corrected chi connectivity index (χ1v) is 9.52. The fourth-order valence-electron chi connectivity index (χ4n) is 2.57. The Bertz CT molecular complexity index is 1060. The van der Waals surface area contributed by atoms with Gasteiger partial charge in [-0.05, 0) is 55.0 Å². The Morgan fingerprint density at radius 1 is 0.968 bits per heavy atom. The summed E-state index contributed by atoms with van der Waals surface area (Å²) in [5.41, 5.74) is 4.54. The van der Waals surface area contributed by atoms with Crippen LogP contribution in [-0.2, 0) is 4.79 Å². The molecule has 0 saturated carbocycles. The second-order valence-electron chi connectivity index (χ2n) is 6.56. The van der Waals surface area contributed by atoms with Gasteiger partial charge in [0.05, 0.1) is 18.9 Å². The van der Waals surface area contributed by atoms with Crippen LogP contribution in [0.3, 0.4) is 0 Å². The Morgan fingerprint density at radius 2 is 1.71 bits per heavy atom. The number of ether oxygens (including phenoxy) is 3. The van der Waals surface area contributed by atoms with E-state index < -0.39 is 11.9 Å². The molecule has 0 aliphatic carbocycles. The number of methoxy groups -OCH3 is 1. The van der Waals surface area contributed by atoms with Gasteiger partial charge in [-0.15, -0.1) is 0 Å². The highest BCUT2D eigenvalue weighted by Crippen LogP contribution is 2.28. The predicted octanol–water partition coefficient (Wildman–Crippen LogP) is 3.75. The Labute approximate surface area is 180 Å². The van der Waals surface area contributed by atoms with Crippen LogP contribution in [0.2, 0.25) is 0 Å². The molecular weight excluding hydrogens is 396 g/mol. The van der Waals surface area contributed by atoms with Crippen LogP contribution in [0.4, 0.5) is 0 Å². The van der Waals surface area contributed by atoms with E-state index in [2.05, 4.69) is 10.5 Å². The maximum absolute atomic E-state index is 12.3. The molecule has 0 radical (unpaired) electrons.